The number of nitrogens with one attached hydrogen (secondary N) is 1. The van der Waals surface area contributed by atoms with Gasteiger partial charge in [0.2, 0.25) is 0 Å². The van der Waals surface area contributed by atoms with Gasteiger partial charge in [0.15, 0.2) is 0 Å². The number of ether oxygens (including phenoxy) is 2. The molecule has 196 valence electrons. The van der Waals surface area contributed by atoms with Crippen LogP contribution in [0.5, 0.6) is 11.5 Å². The summed E-state index contributed by atoms with van der Waals surface area (Å²) in [7, 11) is 0. The Balaban J connectivity index is 1.34. The van der Waals surface area contributed by atoms with Gasteiger partial charge in [-0.1, -0.05) is 90.5 Å². The highest BCUT2D eigenvalue weighted by Gasteiger charge is 2.14. The molecular formula is C34H25ClN2O3. The van der Waals surface area contributed by atoms with Crippen molar-refractivity contribution in [3.63, 3.8) is 0 Å². The lowest BCUT2D eigenvalue weighted by atomic mass is 10.0. The van der Waals surface area contributed by atoms with Crippen molar-refractivity contribution < 1.29 is 14.3 Å². The number of halogens is 1. The largest absolute Gasteiger partial charge is 0.489 e. The van der Waals surface area contributed by atoms with Gasteiger partial charge in [-0.25, -0.2) is 0 Å². The molecule has 0 saturated carbocycles. The van der Waals surface area contributed by atoms with Crippen molar-refractivity contribution in [3.8, 4) is 17.6 Å². The van der Waals surface area contributed by atoms with Gasteiger partial charge in [0, 0.05) is 21.8 Å². The molecule has 0 aliphatic heterocycles. The molecule has 0 aromatic heterocycles. The zero-order valence-corrected chi connectivity index (χ0v) is 22.3. The summed E-state index contributed by atoms with van der Waals surface area (Å²) in [6.07, 6.45) is 1.58. The standard InChI is InChI=1S/C34H25ClN2O3/c35-32-13-7-5-11-26(32)23-39-29-17-15-28(16-18-29)37-34(38)27(21-36)20-31-30-12-6-4-10-25(30)14-19-33(31)40-22-24-8-2-1-3-9-24/h1-20H,22-23H2,(H,37,38)/b27-20+. The average molecular weight is 545 g/mol. The summed E-state index contributed by atoms with van der Waals surface area (Å²) in [5.74, 6) is 0.697. The predicted molar refractivity (Wildman–Crippen MR) is 159 cm³/mol. The zero-order valence-electron chi connectivity index (χ0n) is 21.5. The van der Waals surface area contributed by atoms with Gasteiger partial charge in [0.05, 0.1) is 0 Å². The molecule has 0 spiro atoms. The fraction of sp³-hybridized carbons (Fsp3) is 0.0588. The Morgan fingerprint density at radius 2 is 1.52 bits per heavy atom. The first kappa shape index (κ1) is 26.6. The summed E-state index contributed by atoms with van der Waals surface area (Å²) in [4.78, 5) is 13.1. The molecule has 0 bridgehead atoms. The molecule has 0 fully saturated rings. The Hall–Kier alpha value is -5.05. The Morgan fingerprint density at radius 1 is 0.800 bits per heavy atom. The maximum Gasteiger partial charge on any atom is 0.266 e. The van der Waals surface area contributed by atoms with E-state index in [4.69, 9.17) is 21.1 Å². The summed E-state index contributed by atoms with van der Waals surface area (Å²) in [5.41, 5.74) is 3.06. The highest BCUT2D eigenvalue weighted by Crippen LogP contribution is 2.31. The Kier molecular flexibility index (Phi) is 8.41. The van der Waals surface area contributed by atoms with Crippen molar-refractivity contribution in [1.29, 1.82) is 5.26 Å². The van der Waals surface area contributed by atoms with Gasteiger partial charge in [-0.15, -0.1) is 0 Å². The minimum atomic E-state index is -0.519. The van der Waals surface area contributed by atoms with E-state index in [-0.39, 0.29) is 5.57 Å². The molecule has 0 aliphatic carbocycles. The van der Waals surface area contributed by atoms with Crippen molar-refractivity contribution >= 4 is 40.0 Å². The summed E-state index contributed by atoms with van der Waals surface area (Å²) in [6, 6.07) is 37.9. The van der Waals surface area contributed by atoms with Crippen LogP contribution in [0.4, 0.5) is 5.69 Å². The van der Waals surface area contributed by atoms with Crippen LogP contribution < -0.4 is 14.8 Å². The van der Waals surface area contributed by atoms with Gasteiger partial charge in [-0.05, 0) is 58.8 Å². The van der Waals surface area contributed by atoms with Crippen LogP contribution in [0.2, 0.25) is 5.02 Å². The lowest BCUT2D eigenvalue weighted by Gasteiger charge is -2.13. The van der Waals surface area contributed by atoms with Gasteiger partial charge in [0.1, 0.15) is 36.4 Å². The summed E-state index contributed by atoms with van der Waals surface area (Å²) >= 11 is 6.19. The normalized spacial score (nSPS) is 11.1. The molecule has 1 amide bonds. The van der Waals surface area contributed by atoms with Crippen LogP contribution in [0.25, 0.3) is 16.8 Å². The maximum atomic E-state index is 13.1. The topological polar surface area (TPSA) is 71.3 Å². The number of anilines is 1. The van der Waals surface area contributed by atoms with E-state index in [0.29, 0.717) is 41.0 Å². The molecule has 0 aliphatic rings. The number of hydrogen-bond acceptors (Lipinski definition) is 4. The minimum absolute atomic E-state index is 0.0417. The second kappa shape index (κ2) is 12.7. The van der Waals surface area contributed by atoms with Crippen molar-refractivity contribution in [2.24, 2.45) is 0 Å². The number of nitriles is 1. The van der Waals surface area contributed by atoms with E-state index in [0.717, 1.165) is 21.9 Å². The molecule has 5 aromatic rings. The van der Waals surface area contributed by atoms with E-state index in [9.17, 15) is 10.1 Å². The van der Waals surface area contributed by atoms with Crippen LogP contribution in [0, 0.1) is 11.3 Å². The molecular weight excluding hydrogens is 520 g/mol. The SMILES string of the molecule is N#C/C(=C\c1c(OCc2ccccc2)ccc2ccccc12)C(=O)Nc1ccc(OCc2ccccc2Cl)cc1. The maximum absolute atomic E-state index is 13.1. The van der Waals surface area contributed by atoms with E-state index >= 15 is 0 Å². The average Bonchev–Trinajstić information content (AvgIpc) is 3.00. The highest BCUT2D eigenvalue weighted by atomic mass is 35.5. The Morgan fingerprint density at radius 3 is 2.30 bits per heavy atom. The second-order valence-corrected chi connectivity index (χ2v) is 9.41. The van der Waals surface area contributed by atoms with Gasteiger partial charge >= 0.3 is 0 Å². The number of carbonyl (C=O) groups excluding carboxylic acids is 1. The van der Waals surface area contributed by atoms with Crippen molar-refractivity contribution in [2.45, 2.75) is 13.2 Å². The monoisotopic (exact) mass is 544 g/mol. The first-order valence-corrected chi connectivity index (χ1v) is 13.1. The third-order valence-electron chi connectivity index (χ3n) is 6.29. The molecule has 40 heavy (non-hydrogen) atoms. The van der Waals surface area contributed by atoms with Crippen LogP contribution in [0.15, 0.2) is 121 Å². The molecule has 0 unspecified atom stereocenters. The van der Waals surface area contributed by atoms with E-state index in [1.165, 1.54) is 0 Å². The summed E-state index contributed by atoms with van der Waals surface area (Å²) in [5, 5.41) is 15.2. The second-order valence-electron chi connectivity index (χ2n) is 9.00. The van der Waals surface area contributed by atoms with Gasteiger partial charge in [-0.3, -0.25) is 4.79 Å². The van der Waals surface area contributed by atoms with Gasteiger partial charge in [-0.2, -0.15) is 5.26 Å². The summed E-state index contributed by atoms with van der Waals surface area (Å²) in [6.45, 7) is 0.686. The van der Waals surface area contributed by atoms with Crippen LogP contribution >= 0.6 is 11.6 Å². The third kappa shape index (κ3) is 6.50. The van der Waals surface area contributed by atoms with E-state index in [1.807, 2.05) is 97.1 Å². The molecule has 0 atom stereocenters. The lowest BCUT2D eigenvalue weighted by molar-refractivity contribution is -0.112. The number of rotatable bonds is 9. The lowest BCUT2D eigenvalue weighted by Crippen LogP contribution is -2.13. The van der Waals surface area contributed by atoms with Crippen molar-refractivity contribution in [3.05, 3.63) is 143 Å². The predicted octanol–water partition coefficient (Wildman–Crippen LogP) is 8.20. The number of fused-ring (bicyclic) bond motifs is 1. The number of benzene rings is 5. The minimum Gasteiger partial charge on any atom is -0.489 e. The fourth-order valence-corrected chi connectivity index (χ4v) is 4.38. The summed E-state index contributed by atoms with van der Waals surface area (Å²) < 4.78 is 12.0. The first-order chi connectivity index (χ1) is 19.6. The first-order valence-electron chi connectivity index (χ1n) is 12.7. The molecule has 5 rings (SSSR count). The third-order valence-corrected chi connectivity index (χ3v) is 6.65. The number of carbonyl (C=O) groups is 1. The van der Waals surface area contributed by atoms with Crippen molar-refractivity contribution in [1.82, 2.24) is 0 Å². The van der Waals surface area contributed by atoms with E-state index in [1.54, 1.807) is 30.3 Å². The number of hydrogen-bond donors (Lipinski definition) is 1. The van der Waals surface area contributed by atoms with E-state index < -0.39 is 5.91 Å². The molecule has 5 aromatic carbocycles. The number of nitrogens with zero attached hydrogens (tertiary/aromatic N) is 1. The molecule has 0 saturated heterocycles. The zero-order chi connectivity index (χ0) is 27.7. The van der Waals surface area contributed by atoms with Crippen LogP contribution in [-0.4, -0.2) is 5.91 Å². The quantitative estimate of drug-likeness (QED) is 0.150. The molecule has 6 heteroatoms. The van der Waals surface area contributed by atoms with Gasteiger partial charge in [0.25, 0.3) is 5.91 Å². The smallest absolute Gasteiger partial charge is 0.266 e. The molecule has 0 heterocycles. The van der Waals surface area contributed by atoms with Crippen LogP contribution in [0.1, 0.15) is 16.7 Å². The fourth-order valence-electron chi connectivity index (χ4n) is 4.19. The Labute approximate surface area is 237 Å². The molecule has 1 N–H and O–H groups in total. The molecule has 5 nitrogen and oxygen atoms in total. The van der Waals surface area contributed by atoms with Gasteiger partial charge < -0.3 is 14.8 Å². The van der Waals surface area contributed by atoms with E-state index in [2.05, 4.69) is 5.32 Å². The highest BCUT2D eigenvalue weighted by molar-refractivity contribution is 6.31. The number of amides is 1. The Bertz CT molecular complexity index is 1710. The van der Waals surface area contributed by atoms with Crippen LogP contribution in [-0.2, 0) is 18.0 Å². The van der Waals surface area contributed by atoms with Crippen molar-refractivity contribution in [2.75, 3.05) is 5.32 Å². The van der Waals surface area contributed by atoms with Crippen LogP contribution in [0.3, 0.4) is 0 Å². The molecule has 0 radical (unpaired) electrons.